The number of hydrogen-bond acceptors (Lipinski definition) is 9. The fraction of sp³-hybridized carbons (Fsp3) is 0.424. The lowest BCUT2D eigenvalue weighted by Gasteiger charge is -2.48. The normalized spacial score (nSPS) is 27.7. The Bertz CT molecular complexity index is 1640. The first kappa shape index (κ1) is 29.7. The first-order chi connectivity index (χ1) is 20.9. The lowest BCUT2D eigenvalue weighted by atomic mass is 9.56. The van der Waals surface area contributed by atoms with E-state index in [1.165, 1.54) is 0 Å². The number of benzene rings is 2. The van der Waals surface area contributed by atoms with Crippen LogP contribution in [0.2, 0.25) is 0 Å². The summed E-state index contributed by atoms with van der Waals surface area (Å²) in [5.41, 5.74) is 4.45. The van der Waals surface area contributed by atoms with E-state index in [-0.39, 0.29) is 53.6 Å². The number of aliphatic hydroxyl groups excluding tert-OH is 2. The molecule has 2 unspecified atom stereocenters. The molecule has 1 heterocycles. The zero-order chi connectivity index (χ0) is 31.7. The van der Waals surface area contributed by atoms with Crippen LogP contribution in [0.3, 0.4) is 0 Å². The highest BCUT2D eigenvalue weighted by atomic mass is 16.3. The number of aliphatic hydroxyl groups is 3. The number of imide groups is 1. The summed E-state index contributed by atoms with van der Waals surface area (Å²) in [6.45, 7) is 1.77. The zero-order valence-electron chi connectivity index (χ0n) is 24.2. The Kier molecular flexibility index (Phi) is 7.21. The molecular formula is C33H34N2O9. The van der Waals surface area contributed by atoms with Crippen molar-refractivity contribution in [2.45, 2.75) is 70.1 Å². The number of carbonyl (C=O) groups excluding carboxylic acids is 5. The maximum atomic E-state index is 13.9. The summed E-state index contributed by atoms with van der Waals surface area (Å²) in [4.78, 5) is 66.4. The average molecular weight is 603 g/mol. The van der Waals surface area contributed by atoms with Crippen molar-refractivity contribution in [3.63, 3.8) is 0 Å². The van der Waals surface area contributed by atoms with Gasteiger partial charge in [0.25, 0.3) is 11.8 Å². The Balaban J connectivity index is 1.45. The lowest BCUT2D eigenvalue weighted by molar-refractivity contribution is -0.174. The van der Waals surface area contributed by atoms with Crippen LogP contribution in [0.4, 0.5) is 0 Å². The summed E-state index contributed by atoms with van der Waals surface area (Å²) >= 11 is 0. The van der Waals surface area contributed by atoms with Crippen LogP contribution in [-0.2, 0) is 33.8 Å². The highest BCUT2D eigenvalue weighted by Gasteiger charge is 2.64. The predicted octanol–water partition coefficient (Wildman–Crippen LogP) is 2.12. The number of amides is 3. The number of nitrogens with zero attached hydrogens (tertiary/aromatic N) is 1. The van der Waals surface area contributed by atoms with Gasteiger partial charge in [0.05, 0.1) is 29.3 Å². The molecule has 1 aliphatic heterocycles. The van der Waals surface area contributed by atoms with E-state index < -0.39 is 70.3 Å². The number of phenols is 1. The third-order valence-corrected chi connectivity index (χ3v) is 9.81. The number of Topliss-reactive ketones (excluding diaryl/α,β-unsaturated/α-hetero) is 2. The summed E-state index contributed by atoms with van der Waals surface area (Å²) < 4.78 is 0. The predicted molar refractivity (Wildman–Crippen MR) is 155 cm³/mol. The molecule has 5 atom stereocenters. The van der Waals surface area contributed by atoms with Crippen LogP contribution in [0.1, 0.15) is 82.0 Å². The van der Waals surface area contributed by atoms with Gasteiger partial charge in [0.15, 0.2) is 11.4 Å². The first-order valence-corrected chi connectivity index (χ1v) is 15.0. The molecule has 11 heteroatoms. The largest absolute Gasteiger partial charge is 0.507 e. The number of unbranched alkanes of at least 4 members (excludes halogenated alkanes) is 2. The second-order valence-electron chi connectivity index (χ2n) is 12.3. The molecule has 6 N–H and O–H groups in total. The van der Waals surface area contributed by atoms with Crippen LogP contribution in [0, 0.1) is 17.8 Å². The minimum Gasteiger partial charge on any atom is -0.507 e. The van der Waals surface area contributed by atoms with Gasteiger partial charge in [-0.3, -0.25) is 28.9 Å². The average Bonchev–Trinajstić information content (AvgIpc) is 3.21. The second kappa shape index (κ2) is 10.7. The molecule has 0 aromatic heterocycles. The van der Waals surface area contributed by atoms with Crippen molar-refractivity contribution in [1.82, 2.24) is 4.90 Å². The van der Waals surface area contributed by atoms with E-state index in [1.807, 2.05) is 0 Å². The molecule has 2 aromatic rings. The highest BCUT2D eigenvalue weighted by Crippen LogP contribution is 2.52. The molecule has 2 saturated carbocycles. The van der Waals surface area contributed by atoms with E-state index in [2.05, 4.69) is 6.92 Å². The number of fused-ring (bicyclic) bond motifs is 4. The van der Waals surface area contributed by atoms with E-state index in [0.29, 0.717) is 12.0 Å². The van der Waals surface area contributed by atoms with Crippen molar-refractivity contribution >= 4 is 35.0 Å². The van der Waals surface area contributed by atoms with E-state index in [9.17, 15) is 44.4 Å². The van der Waals surface area contributed by atoms with E-state index >= 15 is 0 Å². The quantitative estimate of drug-likeness (QED) is 0.179. The number of primary amides is 1. The Hall–Kier alpha value is -4.35. The van der Waals surface area contributed by atoms with Crippen molar-refractivity contribution in [3.8, 4) is 5.75 Å². The Morgan fingerprint density at radius 1 is 1.02 bits per heavy atom. The molecular weight excluding hydrogens is 568 g/mol. The molecule has 2 aromatic carbocycles. The number of aromatic hydroxyl groups is 1. The molecule has 3 amide bonds. The van der Waals surface area contributed by atoms with Gasteiger partial charge in [-0.25, -0.2) is 0 Å². The fourth-order valence-corrected chi connectivity index (χ4v) is 7.59. The van der Waals surface area contributed by atoms with E-state index in [1.54, 1.807) is 30.3 Å². The van der Waals surface area contributed by atoms with Gasteiger partial charge in [-0.05, 0) is 67.3 Å². The Labute approximate surface area is 253 Å². The number of aryl methyl sites for hydroxylation is 1. The van der Waals surface area contributed by atoms with Crippen molar-refractivity contribution in [2.75, 3.05) is 0 Å². The van der Waals surface area contributed by atoms with Crippen molar-refractivity contribution in [1.29, 1.82) is 0 Å². The molecule has 3 aliphatic carbocycles. The number of ketones is 2. The third-order valence-electron chi connectivity index (χ3n) is 9.81. The van der Waals surface area contributed by atoms with E-state index in [0.717, 1.165) is 29.7 Å². The standard InChI is InChI=1S/C33H34N2O9/c1-2-3-4-7-15-10-17(14-35-31(42)19-8-5-6-9-20(19)32(35)43)26(37)24-21(15)12-16-11-18-13-22(36)25(30(34)41)29(40)33(18,44)28(39)23(16)27(24)38/h5-6,8-10,16,18,22,25,36-38,44H,2-4,7,11-14H2,1H3,(H2,34,41)/t16-,18+,22?,25?,33+/m1/s1. The van der Waals surface area contributed by atoms with Gasteiger partial charge in [-0.2, -0.15) is 0 Å². The first-order valence-electron chi connectivity index (χ1n) is 15.0. The second-order valence-corrected chi connectivity index (χ2v) is 12.3. The van der Waals surface area contributed by atoms with Gasteiger partial charge in [0.2, 0.25) is 11.7 Å². The SMILES string of the molecule is CCCCCc1cc(CN2C(=O)c3ccccc3C2=O)c(O)c2c1C[C@H]1C[C@H]3CC(O)C(C(N)=O)C(=O)[C@@]3(O)C(=O)C1=C2O. The summed E-state index contributed by atoms with van der Waals surface area (Å²) in [7, 11) is 0. The minimum absolute atomic E-state index is 0.0398. The summed E-state index contributed by atoms with van der Waals surface area (Å²) in [5, 5.41) is 45.2. The third kappa shape index (κ3) is 4.21. The monoisotopic (exact) mass is 602 g/mol. The van der Waals surface area contributed by atoms with Crippen molar-refractivity contribution in [3.05, 3.63) is 69.3 Å². The number of nitrogens with two attached hydrogens (primary N) is 1. The van der Waals surface area contributed by atoms with Crippen LogP contribution in [0.5, 0.6) is 5.75 Å². The number of phenolic OH excluding ortho intramolecular Hbond substituents is 1. The maximum Gasteiger partial charge on any atom is 0.261 e. The minimum atomic E-state index is -2.67. The van der Waals surface area contributed by atoms with Crippen molar-refractivity contribution in [2.24, 2.45) is 23.5 Å². The molecule has 4 aliphatic rings. The van der Waals surface area contributed by atoms with Gasteiger partial charge in [-0.15, -0.1) is 0 Å². The van der Waals surface area contributed by atoms with E-state index in [4.69, 9.17) is 5.73 Å². The summed E-state index contributed by atoms with van der Waals surface area (Å²) in [6, 6.07) is 8.14. The molecule has 6 rings (SSSR count). The van der Waals surface area contributed by atoms with Gasteiger partial charge < -0.3 is 26.2 Å². The van der Waals surface area contributed by atoms with Crippen molar-refractivity contribution < 1.29 is 44.4 Å². The van der Waals surface area contributed by atoms with Crippen LogP contribution in [0.15, 0.2) is 35.9 Å². The fourth-order valence-electron chi connectivity index (χ4n) is 7.59. The summed E-state index contributed by atoms with van der Waals surface area (Å²) in [6.07, 6.45) is 1.84. The number of carbonyl (C=O) groups is 5. The molecule has 0 radical (unpaired) electrons. The topological polar surface area (TPSA) is 196 Å². The molecule has 230 valence electrons. The molecule has 0 spiro atoms. The lowest BCUT2D eigenvalue weighted by Crippen LogP contribution is -2.66. The molecule has 44 heavy (non-hydrogen) atoms. The molecule has 2 fully saturated rings. The highest BCUT2D eigenvalue weighted by molar-refractivity contribution is 6.25. The smallest absolute Gasteiger partial charge is 0.261 e. The Morgan fingerprint density at radius 3 is 2.30 bits per heavy atom. The molecule has 0 bridgehead atoms. The van der Waals surface area contributed by atoms with Gasteiger partial charge in [-0.1, -0.05) is 31.9 Å². The van der Waals surface area contributed by atoms with Gasteiger partial charge in [0, 0.05) is 17.1 Å². The zero-order valence-corrected chi connectivity index (χ0v) is 24.2. The van der Waals surface area contributed by atoms with Crippen LogP contribution < -0.4 is 5.73 Å². The molecule has 11 nitrogen and oxygen atoms in total. The van der Waals surface area contributed by atoms with Gasteiger partial charge >= 0.3 is 0 Å². The number of hydrogen-bond donors (Lipinski definition) is 5. The number of rotatable bonds is 7. The molecule has 0 saturated heterocycles. The maximum absolute atomic E-state index is 13.9. The van der Waals surface area contributed by atoms with Crippen LogP contribution in [-0.4, -0.2) is 66.3 Å². The van der Waals surface area contributed by atoms with Gasteiger partial charge in [0.1, 0.15) is 17.4 Å². The summed E-state index contributed by atoms with van der Waals surface area (Å²) in [5.74, 6) is -8.90. The van der Waals surface area contributed by atoms with Crippen LogP contribution >= 0.6 is 0 Å². The van der Waals surface area contributed by atoms with Crippen LogP contribution in [0.25, 0.3) is 5.76 Å². The Morgan fingerprint density at radius 2 is 1.68 bits per heavy atom.